The quantitative estimate of drug-likeness (QED) is 0.353. The summed E-state index contributed by atoms with van der Waals surface area (Å²) in [6.07, 6.45) is 3.81. The van der Waals surface area contributed by atoms with E-state index in [-0.39, 0.29) is 5.91 Å². The third-order valence-corrected chi connectivity index (χ3v) is 6.50. The lowest BCUT2D eigenvalue weighted by molar-refractivity contribution is -0.115. The minimum Gasteiger partial charge on any atom is -0.295 e. The molecule has 2 aromatic carbocycles. The number of thiazole rings is 1. The molecule has 152 valence electrons. The Kier molecular flexibility index (Phi) is 6.01. The van der Waals surface area contributed by atoms with Crippen molar-refractivity contribution in [3.63, 3.8) is 0 Å². The molecule has 0 spiro atoms. The van der Waals surface area contributed by atoms with E-state index < -0.39 is 0 Å². The number of carbonyl (C=O) groups excluding carboxylic acids is 1. The first kappa shape index (κ1) is 20.4. The number of rotatable bonds is 6. The van der Waals surface area contributed by atoms with Gasteiger partial charge >= 0.3 is 0 Å². The van der Waals surface area contributed by atoms with Crippen molar-refractivity contribution in [3.05, 3.63) is 83.1 Å². The van der Waals surface area contributed by atoms with Crippen molar-refractivity contribution in [2.24, 2.45) is 0 Å². The molecule has 2 heterocycles. The molecule has 0 atom stereocenters. The summed E-state index contributed by atoms with van der Waals surface area (Å²) < 4.78 is 2.11. The normalized spacial score (nSPS) is 10.9. The molecule has 0 saturated carbocycles. The summed E-state index contributed by atoms with van der Waals surface area (Å²) >= 11 is 3.11. The van der Waals surface area contributed by atoms with Gasteiger partial charge in [0.1, 0.15) is 0 Å². The van der Waals surface area contributed by atoms with Gasteiger partial charge in [-0.25, -0.2) is 9.97 Å². The molecule has 0 aliphatic carbocycles. The minimum atomic E-state index is -0.0554. The first-order chi connectivity index (χ1) is 14.5. The summed E-state index contributed by atoms with van der Waals surface area (Å²) in [5.74, 6) is 0.624. The molecule has 0 fully saturated rings. The molecule has 0 bridgehead atoms. The van der Waals surface area contributed by atoms with E-state index in [0.29, 0.717) is 10.9 Å². The minimum absolute atomic E-state index is 0.0554. The van der Waals surface area contributed by atoms with E-state index in [1.807, 2.05) is 48.1 Å². The van der Waals surface area contributed by atoms with Crippen molar-refractivity contribution >= 4 is 39.8 Å². The molecule has 2 aromatic heterocycles. The lowest BCUT2D eigenvalue weighted by atomic mass is 10.1. The third-order valence-electron chi connectivity index (χ3n) is 4.63. The third kappa shape index (κ3) is 4.32. The molecule has 0 N–H and O–H groups in total. The van der Waals surface area contributed by atoms with Gasteiger partial charge in [0.2, 0.25) is 5.91 Å². The van der Waals surface area contributed by atoms with Gasteiger partial charge in [0, 0.05) is 30.5 Å². The largest absolute Gasteiger partial charge is 0.295 e. The molecule has 7 heteroatoms. The van der Waals surface area contributed by atoms with Crippen LogP contribution in [0.5, 0.6) is 0 Å². The number of hydrogen-bond donors (Lipinski definition) is 0. The van der Waals surface area contributed by atoms with Gasteiger partial charge in [-0.3, -0.25) is 14.3 Å². The average Bonchev–Trinajstić information content (AvgIpc) is 3.37. The van der Waals surface area contributed by atoms with Crippen molar-refractivity contribution in [3.8, 4) is 5.69 Å². The number of carbonyl (C=O) groups is 1. The van der Waals surface area contributed by atoms with E-state index in [9.17, 15) is 4.79 Å². The fourth-order valence-corrected chi connectivity index (χ4v) is 5.11. The molecular formula is C23H22N4OS2. The van der Waals surface area contributed by atoms with Crippen LogP contribution < -0.4 is 4.90 Å². The molecule has 0 saturated heterocycles. The SMILES string of the molecule is CC(=O)N(c1ccccc1)c1nc(CSc2nccn2-c2ccc(C)cc2C)cs1. The summed E-state index contributed by atoms with van der Waals surface area (Å²) in [5, 5.41) is 3.61. The Labute approximate surface area is 184 Å². The fourth-order valence-electron chi connectivity index (χ4n) is 3.26. The zero-order valence-corrected chi connectivity index (χ0v) is 18.7. The first-order valence-electron chi connectivity index (χ1n) is 9.57. The van der Waals surface area contributed by atoms with Gasteiger partial charge in [-0.05, 0) is 37.6 Å². The highest BCUT2D eigenvalue weighted by atomic mass is 32.2. The molecule has 5 nitrogen and oxygen atoms in total. The van der Waals surface area contributed by atoms with Crippen LogP contribution in [0.1, 0.15) is 23.7 Å². The van der Waals surface area contributed by atoms with Crippen LogP contribution in [0.15, 0.2) is 71.5 Å². The topological polar surface area (TPSA) is 51.0 Å². The number of aromatic nitrogens is 3. The summed E-state index contributed by atoms with van der Waals surface area (Å²) in [4.78, 5) is 23.1. The van der Waals surface area contributed by atoms with Gasteiger partial charge in [-0.1, -0.05) is 47.7 Å². The summed E-state index contributed by atoms with van der Waals surface area (Å²) in [6, 6.07) is 16.0. The maximum Gasteiger partial charge on any atom is 0.230 e. The second kappa shape index (κ2) is 8.85. The van der Waals surface area contributed by atoms with E-state index in [1.165, 1.54) is 22.5 Å². The molecule has 1 amide bonds. The molecule has 0 radical (unpaired) electrons. The highest BCUT2D eigenvalue weighted by Crippen LogP contribution is 2.31. The van der Waals surface area contributed by atoms with Crippen molar-refractivity contribution in [1.29, 1.82) is 0 Å². The average molecular weight is 435 g/mol. The van der Waals surface area contributed by atoms with Gasteiger partial charge in [-0.2, -0.15) is 0 Å². The number of aryl methyl sites for hydroxylation is 2. The molecule has 4 aromatic rings. The van der Waals surface area contributed by atoms with Crippen molar-refractivity contribution in [1.82, 2.24) is 14.5 Å². The highest BCUT2D eigenvalue weighted by molar-refractivity contribution is 7.98. The summed E-state index contributed by atoms with van der Waals surface area (Å²) in [7, 11) is 0. The van der Waals surface area contributed by atoms with E-state index in [0.717, 1.165) is 22.2 Å². The van der Waals surface area contributed by atoms with E-state index in [1.54, 1.807) is 23.6 Å². The number of para-hydroxylation sites is 1. The second-order valence-electron chi connectivity index (χ2n) is 6.97. The Balaban J connectivity index is 1.52. The van der Waals surface area contributed by atoms with Crippen LogP contribution in [-0.2, 0) is 10.5 Å². The van der Waals surface area contributed by atoms with Crippen molar-refractivity contribution < 1.29 is 4.79 Å². The monoisotopic (exact) mass is 434 g/mol. The van der Waals surface area contributed by atoms with Crippen LogP contribution in [0.25, 0.3) is 5.69 Å². The first-order valence-corrected chi connectivity index (χ1v) is 11.4. The number of imidazole rings is 1. The summed E-state index contributed by atoms with van der Waals surface area (Å²) in [6.45, 7) is 5.77. The van der Waals surface area contributed by atoms with E-state index >= 15 is 0 Å². The lowest BCUT2D eigenvalue weighted by Gasteiger charge is -2.17. The number of hydrogen-bond acceptors (Lipinski definition) is 5. The number of anilines is 2. The predicted molar refractivity (Wildman–Crippen MR) is 124 cm³/mol. The van der Waals surface area contributed by atoms with Crippen molar-refractivity contribution in [2.75, 3.05) is 4.90 Å². The van der Waals surface area contributed by atoms with Crippen LogP contribution in [0, 0.1) is 13.8 Å². The van der Waals surface area contributed by atoms with Crippen LogP contribution in [0.3, 0.4) is 0 Å². The number of nitrogens with zero attached hydrogens (tertiary/aromatic N) is 4. The molecule has 4 rings (SSSR count). The van der Waals surface area contributed by atoms with Gasteiger partial charge in [0.05, 0.1) is 17.1 Å². The maximum absolute atomic E-state index is 12.2. The Morgan fingerprint density at radius 1 is 1.17 bits per heavy atom. The molecule has 30 heavy (non-hydrogen) atoms. The number of benzene rings is 2. The lowest BCUT2D eigenvalue weighted by Crippen LogP contribution is -2.22. The predicted octanol–water partition coefficient (Wildman–Crippen LogP) is 5.92. The summed E-state index contributed by atoms with van der Waals surface area (Å²) in [5.41, 5.74) is 5.34. The zero-order chi connectivity index (χ0) is 21.1. The molecule has 0 aliphatic rings. The van der Waals surface area contributed by atoms with Crippen LogP contribution in [0.2, 0.25) is 0 Å². The van der Waals surface area contributed by atoms with Gasteiger partial charge in [0.25, 0.3) is 0 Å². The van der Waals surface area contributed by atoms with E-state index in [4.69, 9.17) is 4.98 Å². The Morgan fingerprint density at radius 3 is 2.70 bits per heavy atom. The van der Waals surface area contributed by atoms with Crippen LogP contribution >= 0.6 is 23.1 Å². The molecular weight excluding hydrogens is 412 g/mol. The van der Waals surface area contributed by atoms with Crippen molar-refractivity contribution in [2.45, 2.75) is 31.7 Å². The smallest absolute Gasteiger partial charge is 0.230 e. The fraction of sp³-hybridized carbons (Fsp3) is 0.174. The van der Waals surface area contributed by atoms with Gasteiger partial charge < -0.3 is 0 Å². The van der Waals surface area contributed by atoms with Crippen LogP contribution in [-0.4, -0.2) is 20.4 Å². The van der Waals surface area contributed by atoms with Gasteiger partial charge in [0.15, 0.2) is 10.3 Å². The van der Waals surface area contributed by atoms with Gasteiger partial charge in [-0.15, -0.1) is 11.3 Å². The maximum atomic E-state index is 12.2. The second-order valence-corrected chi connectivity index (χ2v) is 8.75. The van der Waals surface area contributed by atoms with E-state index in [2.05, 4.69) is 41.6 Å². The Hall–Kier alpha value is -2.90. The Bertz CT molecular complexity index is 1170. The van der Waals surface area contributed by atoms with Crippen LogP contribution in [0.4, 0.5) is 10.8 Å². The Morgan fingerprint density at radius 2 is 1.97 bits per heavy atom. The number of amides is 1. The molecule has 0 unspecified atom stereocenters. The zero-order valence-electron chi connectivity index (χ0n) is 17.1. The standard InChI is InChI=1S/C23H22N4OS2/c1-16-9-10-21(17(2)13-16)26-12-11-24-22(26)29-14-19-15-30-23(25-19)27(18(3)28)20-7-5-4-6-8-20/h4-13,15H,14H2,1-3H3. The highest BCUT2D eigenvalue weighted by Gasteiger charge is 2.18. The number of thioether (sulfide) groups is 1. The molecule has 0 aliphatic heterocycles.